The second-order valence-corrected chi connectivity index (χ2v) is 6.77. The molecule has 3 rings (SSSR count). The van der Waals surface area contributed by atoms with Crippen molar-refractivity contribution >= 4 is 46.3 Å². The van der Waals surface area contributed by atoms with Crippen LogP contribution in [0.1, 0.15) is 12.5 Å². The Morgan fingerprint density at radius 2 is 1.69 bits per heavy atom. The molecule has 2 aromatic rings. The molecule has 0 atom stereocenters. The molecule has 0 fully saturated rings. The summed E-state index contributed by atoms with van der Waals surface area (Å²) < 4.78 is 40.7. The number of ether oxygens (including phenoxy) is 1. The topological polar surface area (TPSA) is 58.6 Å². The number of imide groups is 1. The van der Waals surface area contributed by atoms with Crippen LogP contribution in [0.3, 0.4) is 0 Å². The van der Waals surface area contributed by atoms with Gasteiger partial charge >= 0.3 is 6.36 Å². The smallest absolute Gasteiger partial charge is 0.406 e. The molecule has 5 nitrogen and oxygen atoms in total. The van der Waals surface area contributed by atoms with Crippen molar-refractivity contribution in [3.63, 3.8) is 0 Å². The van der Waals surface area contributed by atoms with Gasteiger partial charge in [-0.05, 0) is 43.3 Å². The van der Waals surface area contributed by atoms with Gasteiger partial charge in [-0.25, -0.2) is 0 Å². The van der Waals surface area contributed by atoms with Crippen LogP contribution in [0, 0.1) is 0 Å². The van der Waals surface area contributed by atoms with Crippen LogP contribution in [0.5, 0.6) is 5.75 Å². The summed E-state index contributed by atoms with van der Waals surface area (Å²) in [5.74, 6) is -1.53. The predicted octanol–water partition coefficient (Wildman–Crippen LogP) is 5.10. The molecular weight excluding hydrogens is 432 g/mol. The second-order valence-electron chi connectivity index (χ2n) is 5.93. The van der Waals surface area contributed by atoms with E-state index in [1.807, 2.05) is 0 Å². The van der Waals surface area contributed by atoms with E-state index in [0.717, 1.165) is 17.0 Å². The average Bonchev–Trinajstić information content (AvgIpc) is 2.85. The van der Waals surface area contributed by atoms with Gasteiger partial charge in [0, 0.05) is 22.8 Å². The third kappa shape index (κ3) is 4.49. The van der Waals surface area contributed by atoms with Crippen molar-refractivity contribution < 1.29 is 27.5 Å². The van der Waals surface area contributed by atoms with Crippen molar-refractivity contribution in [1.82, 2.24) is 4.90 Å². The zero-order chi connectivity index (χ0) is 21.3. The fraction of sp³-hybridized carbons (Fsp3) is 0.158. The second kappa shape index (κ2) is 7.96. The van der Waals surface area contributed by atoms with Gasteiger partial charge in [-0.2, -0.15) is 0 Å². The molecule has 0 aliphatic carbocycles. The summed E-state index contributed by atoms with van der Waals surface area (Å²) in [6.45, 7) is 1.78. The number of rotatable bonds is 5. The van der Waals surface area contributed by atoms with Crippen LogP contribution >= 0.6 is 23.2 Å². The van der Waals surface area contributed by atoms with Crippen LogP contribution in [-0.2, 0) is 9.59 Å². The van der Waals surface area contributed by atoms with Crippen molar-refractivity contribution in [1.29, 1.82) is 0 Å². The summed E-state index contributed by atoms with van der Waals surface area (Å²) in [6, 6.07) is 9.26. The first kappa shape index (κ1) is 21.0. The van der Waals surface area contributed by atoms with Gasteiger partial charge in [0.25, 0.3) is 11.8 Å². The molecule has 0 bridgehead atoms. The highest BCUT2D eigenvalue weighted by Gasteiger charge is 2.39. The average molecular weight is 445 g/mol. The summed E-state index contributed by atoms with van der Waals surface area (Å²) in [4.78, 5) is 26.5. The lowest BCUT2D eigenvalue weighted by molar-refractivity contribution is -0.274. The zero-order valence-corrected chi connectivity index (χ0v) is 16.3. The van der Waals surface area contributed by atoms with E-state index in [-0.39, 0.29) is 28.5 Å². The molecule has 0 aromatic heterocycles. The lowest BCUT2D eigenvalue weighted by Crippen LogP contribution is -2.32. The Hall–Kier alpha value is -2.71. The maximum absolute atomic E-state index is 12.8. The number of likely N-dealkylation sites (N-methyl/N-ethyl adjacent to an activating group) is 1. The lowest BCUT2D eigenvalue weighted by Gasteiger charge is -2.12. The molecule has 0 saturated carbocycles. The van der Waals surface area contributed by atoms with Crippen molar-refractivity contribution in [2.75, 3.05) is 11.9 Å². The lowest BCUT2D eigenvalue weighted by atomic mass is 10.0. The van der Waals surface area contributed by atoms with E-state index in [2.05, 4.69) is 10.1 Å². The highest BCUT2D eigenvalue weighted by atomic mass is 35.5. The minimum Gasteiger partial charge on any atom is -0.406 e. The van der Waals surface area contributed by atoms with E-state index in [0.29, 0.717) is 10.6 Å². The Balaban J connectivity index is 1.99. The van der Waals surface area contributed by atoms with Gasteiger partial charge in [-0.1, -0.05) is 29.3 Å². The number of nitrogens with one attached hydrogen (secondary N) is 1. The predicted molar refractivity (Wildman–Crippen MR) is 103 cm³/mol. The van der Waals surface area contributed by atoms with E-state index >= 15 is 0 Å². The maximum Gasteiger partial charge on any atom is 0.573 e. The fourth-order valence-electron chi connectivity index (χ4n) is 2.81. The largest absolute Gasteiger partial charge is 0.573 e. The molecule has 1 aliphatic rings. The molecular formula is C19H13Cl2F3N2O3. The summed E-state index contributed by atoms with van der Waals surface area (Å²) in [7, 11) is 0. The number of benzene rings is 2. The Kier molecular flexibility index (Phi) is 5.77. The molecule has 1 aliphatic heterocycles. The monoisotopic (exact) mass is 444 g/mol. The van der Waals surface area contributed by atoms with E-state index in [4.69, 9.17) is 23.2 Å². The minimum atomic E-state index is -4.81. The third-order valence-corrected chi connectivity index (χ3v) is 4.59. The van der Waals surface area contributed by atoms with E-state index in [1.54, 1.807) is 6.92 Å². The first-order chi connectivity index (χ1) is 13.6. The molecule has 152 valence electrons. The number of carbonyl (C=O) groups is 2. The molecule has 29 heavy (non-hydrogen) atoms. The fourth-order valence-corrected chi connectivity index (χ4v) is 3.31. The summed E-state index contributed by atoms with van der Waals surface area (Å²) >= 11 is 12.1. The molecule has 0 unspecified atom stereocenters. The third-order valence-electron chi connectivity index (χ3n) is 4.04. The number of hydrogen-bond donors (Lipinski definition) is 1. The highest BCUT2D eigenvalue weighted by molar-refractivity contribution is 6.41. The van der Waals surface area contributed by atoms with Gasteiger partial charge in [0.1, 0.15) is 11.4 Å². The Morgan fingerprint density at radius 1 is 1.03 bits per heavy atom. The number of anilines is 1. The molecule has 1 N–H and O–H groups in total. The molecule has 2 aromatic carbocycles. The van der Waals surface area contributed by atoms with E-state index in [1.165, 1.54) is 30.3 Å². The van der Waals surface area contributed by atoms with Gasteiger partial charge in [-0.15, -0.1) is 13.2 Å². The number of hydrogen-bond acceptors (Lipinski definition) is 4. The number of nitrogens with zero attached hydrogens (tertiary/aromatic N) is 1. The summed E-state index contributed by atoms with van der Waals surface area (Å²) in [6.07, 6.45) is -4.81. The normalized spacial score (nSPS) is 14.6. The van der Waals surface area contributed by atoms with Crippen molar-refractivity contribution in [2.24, 2.45) is 0 Å². The first-order valence-corrected chi connectivity index (χ1v) is 9.05. The quantitative estimate of drug-likeness (QED) is 0.651. The molecule has 0 saturated heterocycles. The van der Waals surface area contributed by atoms with Crippen LogP contribution in [0.15, 0.2) is 48.2 Å². The van der Waals surface area contributed by atoms with Crippen molar-refractivity contribution in [2.45, 2.75) is 13.3 Å². The number of halogens is 5. The summed E-state index contributed by atoms with van der Waals surface area (Å²) in [5, 5.41) is 3.34. The number of amides is 2. The first-order valence-electron chi connectivity index (χ1n) is 8.29. The van der Waals surface area contributed by atoms with Gasteiger partial charge in [0.2, 0.25) is 0 Å². The van der Waals surface area contributed by atoms with E-state index < -0.39 is 23.9 Å². The van der Waals surface area contributed by atoms with Crippen LogP contribution in [0.25, 0.3) is 5.57 Å². The molecule has 10 heteroatoms. The van der Waals surface area contributed by atoms with Crippen LogP contribution in [0.2, 0.25) is 10.0 Å². The van der Waals surface area contributed by atoms with Crippen LogP contribution in [0.4, 0.5) is 18.9 Å². The van der Waals surface area contributed by atoms with Gasteiger partial charge in [0.15, 0.2) is 0 Å². The van der Waals surface area contributed by atoms with Crippen molar-refractivity contribution in [3.8, 4) is 5.75 Å². The highest BCUT2D eigenvalue weighted by Crippen LogP contribution is 2.35. The van der Waals surface area contributed by atoms with E-state index in [9.17, 15) is 22.8 Å². The molecule has 1 heterocycles. The molecule has 2 amide bonds. The minimum absolute atomic E-state index is 0.0365. The van der Waals surface area contributed by atoms with Crippen molar-refractivity contribution in [3.05, 3.63) is 63.8 Å². The Labute approximate surface area is 173 Å². The SMILES string of the molecule is CCN1C(=O)C(Nc2ccc(OC(F)(F)F)cc2)=C(c2ccc(Cl)cc2Cl)C1=O. The standard InChI is InChI=1S/C19H13Cl2F3N2O3/c1-2-26-17(27)15(13-8-3-10(20)9-14(13)21)16(18(26)28)25-11-4-6-12(7-5-11)29-19(22,23)24/h3-9,25H,2H2,1H3. The number of alkyl halides is 3. The zero-order valence-electron chi connectivity index (χ0n) is 14.8. The number of carbonyl (C=O) groups excluding carboxylic acids is 2. The van der Waals surface area contributed by atoms with Gasteiger partial charge < -0.3 is 10.1 Å². The van der Waals surface area contributed by atoms with Gasteiger partial charge in [0.05, 0.1) is 10.6 Å². The molecule has 0 spiro atoms. The Bertz CT molecular complexity index is 1000. The van der Waals surface area contributed by atoms with Crippen LogP contribution in [-0.4, -0.2) is 29.6 Å². The summed E-state index contributed by atoms with van der Waals surface area (Å²) in [5.41, 5.74) is 0.612. The molecule has 0 radical (unpaired) electrons. The van der Waals surface area contributed by atoms with Gasteiger partial charge in [-0.3, -0.25) is 14.5 Å². The maximum atomic E-state index is 12.8. The Morgan fingerprint density at radius 3 is 2.24 bits per heavy atom. The van der Waals surface area contributed by atoms with Crippen LogP contribution < -0.4 is 10.1 Å².